The number of hydrogen-bond donors (Lipinski definition) is 1. The van der Waals surface area contributed by atoms with Crippen molar-refractivity contribution in [1.82, 2.24) is 18.5 Å². The molecular formula is C22H30FN5O3S2. The Morgan fingerprint density at radius 2 is 1.82 bits per heavy atom. The number of carbonyl (C=O) groups excluding carboxylic acids is 1. The van der Waals surface area contributed by atoms with Gasteiger partial charge in [0.05, 0.1) is 12.2 Å². The molecule has 1 aromatic carbocycles. The number of aromatic nitrogens is 1. The van der Waals surface area contributed by atoms with Crippen LogP contribution in [0, 0.1) is 5.82 Å². The van der Waals surface area contributed by atoms with E-state index in [-0.39, 0.29) is 24.3 Å². The quantitative estimate of drug-likeness (QED) is 0.638. The fourth-order valence-corrected chi connectivity index (χ4v) is 6.69. The standard InChI is InChI=1S/C22H30FN5O3S2/c1-26(19-5-3-2-4-6-19)33(30,31)28-13-11-27(12-14-28)15-21(29)25-22-24-20(16-32-22)17-7-9-18(23)10-8-17/h7-10,16,19H,2-6,11-15H2,1H3,(H,24,25,29). The van der Waals surface area contributed by atoms with Gasteiger partial charge in [-0.05, 0) is 37.1 Å². The first-order valence-electron chi connectivity index (χ1n) is 11.3. The molecule has 180 valence electrons. The van der Waals surface area contributed by atoms with Crippen molar-refractivity contribution < 1.29 is 17.6 Å². The summed E-state index contributed by atoms with van der Waals surface area (Å²) in [6.07, 6.45) is 5.19. The molecule has 1 saturated heterocycles. The van der Waals surface area contributed by atoms with E-state index in [9.17, 15) is 17.6 Å². The Kier molecular flexibility index (Phi) is 7.75. The topological polar surface area (TPSA) is 85.9 Å². The minimum absolute atomic E-state index is 0.0886. The highest BCUT2D eigenvalue weighted by Crippen LogP contribution is 2.26. The summed E-state index contributed by atoms with van der Waals surface area (Å²) in [5.41, 5.74) is 1.46. The number of nitrogens with one attached hydrogen (secondary N) is 1. The van der Waals surface area contributed by atoms with Gasteiger partial charge in [0.2, 0.25) is 5.91 Å². The van der Waals surface area contributed by atoms with E-state index in [1.165, 1.54) is 34.2 Å². The minimum atomic E-state index is -3.48. The van der Waals surface area contributed by atoms with Gasteiger partial charge in [0.25, 0.3) is 10.2 Å². The lowest BCUT2D eigenvalue weighted by Crippen LogP contribution is -2.55. The second-order valence-corrected chi connectivity index (χ2v) is 11.4. The summed E-state index contributed by atoms with van der Waals surface area (Å²) in [6, 6.07) is 6.13. The molecule has 1 amide bonds. The van der Waals surface area contributed by atoms with Gasteiger partial charge in [-0.3, -0.25) is 9.69 Å². The van der Waals surface area contributed by atoms with E-state index in [1.807, 2.05) is 10.3 Å². The molecule has 1 N–H and O–H groups in total. The molecule has 2 heterocycles. The molecule has 1 aliphatic carbocycles. The number of piperazine rings is 1. The Labute approximate surface area is 198 Å². The predicted molar refractivity (Wildman–Crippen MR) is 128 cm³/mol. The maximum atomic E-state index is 13.1. The molecule has 0 unspecified atom stereocenters. The molecule has 11 heteroatoms. The van der Waals surface area contributed by atoms with Crippen LogP contribution in [0.15, 0.2) is 29.6 Å². The second-order valence-electron chi connectivity index (χ2n) is 8.58. The van der Waals surface area contributed by atoms with Crippen LogP contribution in [0.2, 0.25) is 0 Å². The van der Waals surface area contributed by atoms with Crippen molar-refractivity contribution >= 4 is 32.6 Å². The molecule has 8 nitrogen and oxygen atoms in total. The van der Waals surface area contributed by atoms with Crippen LogP contribution in [0.4, 0.5) is 9.52 Å². The SMILES string of the molecule is CN(C1CCCCC1)S(=O)(=O)N1CCN(CC(=O)Nc2nc(-c3ccc(F)cc3)cs2)CC1. The van der Waals surface area contributed by atoms with E-state index >= 15 is 0 Å². The van der Waals surface area contributed by atoms with Gasteiger partial charge >= 0.3 is 0 Å². The third-order valence-electron chi connectivity index (χ3n) is 6.37. The van der Waals surface area contributed by atoms with Gasteiger partial charge in [-0.15, -0.1) is 11.3 Å². The zero-order chi connectivity index (χ0) is 23.4. The van der Waals surface area contributed by atoms with Crippen LogP contribution in [0.5, 0.6) is 0 Å². The van der Waals surface area contributed by atoms with Gasteiger partial charge in [-0.1, -0.05) is 19.3 Å². The van der Waals surface area contributed by atoms with Crippen molar-refractivity contribution in [2.45, 2.75) is 38.1 Å². The number of anilines is 1. The van der Waals surface area contributed by atoms with Crippen molar-refractivity contribution in [1.29, 1.82) is 0 Å². The molecule has 1 aliphatic heterocycles. The Morgan fingerprint density at radius 1 is 1.15 bits per heavy atom. The van der Waals surface area contributed by atoms with Gasteiger partial charge in [0.15, 0.2) is 5.13 Å². The lowest BCUT2D eigenvalue weighted by atomic mass is 9.96. The molecule has 0 spiro atoms. The monoisotopic (exact) mass is 495 g/mol. The van der Waals surface area contributed by atoms with Crippen LogP contribution < -0.4 is 5.32 Å². The van der Waals surface area contributed by atoms with Gasteiger partial charge < -0.3 is 5.32 Å². The first-order valence-corrected chi connectivity index (χ1v) is 13.6. The largest absolute Gasteiger partial charge is 0.301 e. The highest BCUT2D eigenvalue weighted by atomic mass is 32.2. The van der Waals surface area contributed by atoms with Crippen molar-refractivity contribution in [3.63, 3.8) is 0 Å². The third-order valence-corrected chi connectivity index (χ3v) is 9.17. The van der Waals surface area contributed by atoms with Crippen LogP contribution >= 0.6 is 11.3 Å². The molecule has 2 aromatic rings. The predicted octanol–water partition coefficient (Wildman–Crippen LogP) is 3.01. The molecule has 1 aromatic heterocycles. The summed E-state index contributed by atoms with van der Waals surface area (Å²) in [4.78, 5) is 18.8. The summed E-state index contributed by atoms with van der Waals surface area (Å²) in [6.45, 7) is 1.93. The molecule has 0 radical (unpaired) electrons. The minimum Gasteiger partial charge on any atom is -0.301 e. The molecule has 33 heavy (non-hydrogen) atoms. The smallest absolute Gasteiger partial charge is 0.282 e. The van der Waals surface area contributed by atoms with Crippen LogP contribution in [0.25, 0.3) is 11.3 Å². The number of amides is 1. The second kappa shape index (κ2) is 10.6. The van der Waals surface area contributed by atoms with Gasteiger partial charge in [0, 0.05) is 50.2 Å². The van der Waals surface area contributed by atoms with Crippen molar-refractivity contribution in [3.8, 4) is 11.3 Å². The van der Waals surface area contributed by atoms with E-state index in [0.717, 1.165) is 31.2 Å². The number of hydrogen-bond acceptors (Lipinski definition) is 6. The maximum absolute atomic E-state index is 13.1. The van der Waals surface area contributed by atoms with Crippen molar-refractivity contribution in [2.75, 3.05) is 45.1 Å². The summed E-state index contributed by atoms with van der Waals surface area (Å²) in [7, 11) is -1.79. The summed E-state index contributed by atoms with van der Waals surface area (Å²) in [5, 5.41) is 5.10. The Hall–Kier alpha value is -1.92. The molecule has 0 atom stereocenters. The maximum Gasteiger partial charge on any atom is 0.282 e. The van der Waals surface area contributed by atoms with E-state index in [2.05, 4.69) is 10.3 Å². The van der Waals surface area contributed by atoms with Crippen molar-refractivity contribution in [2.24, 2.45) is 0 Å². The van der Waals surface area contributed by atoms with Gasteiger partial charge in [0.1, 0.15) is 5.82 Å². The van der Waals surface area contributed by atoms with Crippen LogP contribution in [-0.2, 0) is 15.0 Å². The number of halogens is 1. The molecule has 0 bridgehead atoms. The fourth-order valence-electron chi connectivity index (χ4n) is 4.38. The zero-order valence-corrected chi connectivity index (χ0v) is 20.4. The number of rotatable bonds is 7. The Bertz CT molecular complexity index is 1050. The van der Waals surface area contributed by atoms with Crippen LogP contribution in [0.1, 0.15) is 32.1 Å². The zero-order valence-electron chi connectivity index (χ0n) is 18.7. The normalized spacial score (nSPS) is 19.1. The molecular weight excluding hydrogens is 465 g/mol. The first-order chi connectivity index (χ1) is 15.8. The average Bonchev–Trinajstić information content (AvgIpc) is 3.28. The van der Waals surface area contributed by atoms with E-state index in [1.54, 1.807) is 23.5 Å². The summed E-state index contributed by atoms with van der Waals surface area (Å²) in [5.74, 6) is -0.498. The third kappa shape index (κ3) is 5.96. The van der Waals surface area contributed by atoms with Crippen molar-refractivity contribution in [3.05, 3.63) is 35.5 Å². The Balaban J connectivity index is 1.26. The van der Waals surface area contributed by atoms with Gasteiger partial charge in [-0.25, -0.2) is 9.37 Å². The Morgan fingerprint density at radius 3 is 2.48 bits per heavy atom. The first kappa shape index (κ1) is 24.2. The molecule has 4 rings (SSSR count). The number of thiazole rings is 1. The lowest BCUT2D eigenvalue weighted by molar-refractivity contribution is -0.117. The molecule has 1 saturated carbocycles. The highest BCUT2D eigenvalue weighted by molar-refractivity contribution is 7.86. The number of nitrogens with zero attached hydrogens (tertiary/aromatic N) is 4. The summed E-state index contributed by atoms with van der Waals surface area (Å²) >= 11 is 1.31. The summed E-state index contributed by atoms with van der Waals surface area (Å²) < 4.78 is 42.2. The van der Waals surface area contributed by atoms with Crippen LogP contribution in [0.3, 0.4) is 0 Å². The lowest BCUT2D eigenvalue weighted by Gasteiger charge is -2.38. The average molecular weight is 496 g/mol. The highest BCUT2D eigenvalue weighted by Gasteiger charge is 2.34. The van der Waals surface area contributed by atoms with E-state index < -0.39 is 10.2 Å². The number of benzene rings is 1. The van der Waals surface area contributed by atoms with Crippen LogP contribution in [-0.4, -0.2) is 78.6 Å². The van der Waals surface area contributed by atoms with Gasteiger partial charge in [-0.2, -0.15) is 17.0 Å². The number of carbonyl (C=O) groups is 1. The van der Waals surface area contributed by atoms with E-state index in [0.29, 0.717) is 37.0 Å². The molecule has 2 fully saturated rings. The van der Waals surface area contributed by atoms with E-state index in [4.69, 9.17) is 0 Å². The molecule has 2 aliphatic rings. The fraction of sp³-hybridized carbons (Fsp3) is 0.545.